The summed E-state index contributed by atoms with van der Waals surface area (Å²) in [5.74, 6) is 1.51. The molecule has 140 valence electrons. The molecule has 0 aromatic heterocycles. The van der Waals surface area contributed by atoms with Crippen molar-refractivity contribution in [1.29, 1.82) is 0 Å². The number of hydrogen-bond acceptors (Lipinski definition) is 4. The number of amides is 1. The number of hydrogen-bond donors (Lipinski definition) is 1. The van der Waals surface area contributed by atoms with Gasteiger partial charge in [-0.2, -0.15) is 0 Å². The van der Waals surface area contributed by atoms with E-state index in [4.69, 9.17) is 14.2 Å². The Balaban J connectivity index is 2.17. The van der Waals surface area contributed by atoms with E-state index in [1.807, 2.05) is 13.0 Å². The SMILES string of the molecule is CC[C@H](NC(=O)Cc1ccc(OC)c(OC)c1OC)c1ccc(C)cc1. The topological polar surface area (TPSA) is 56.8 Å². The lowest BCUT2D eigenvalue weighted by Gasteiger charge is -2.19. The molecule has 5 nitrogen and oxygen atoms in total. The highest BCUT2D eigenvalue weighted by atomic mass is 16.5. The first-order valence-electron chi connectivity index (χ1n) is 8.67. The molecule has 0 fully saturated rings. The Kier molecular flexibility index (Phi) is 6.89. The van der Waals surface area contributed by atoms with Crippen LogP contribution in [-0.4, -0.2) is 27.2 Å². The quantitative estimate of drug-likeness (QED) is 0.780. The summed E-state index contributed by atoms with van der Waals surface area (Å²) in [7, 11) is 4.67. The second-order valence-corrected chi connectivity index (χ2v) is 6.11. The van der Waals surface area contributed by atoms with E-state index >= 15 is 0 Å². The van der Waals surface area contributed by atoms with Crippen molar-refractivity contribution in [2.75, 3.05) is 21.3 Å². The molecule has 0 heterocycles. The fraction of sp³-hybridized carbons (Fsp3) is 0.381. The van der Waals surface area contributed by atoms with Gasteiger partial charge in [-0.1, -0.05) is 42.8 Å². The summed E-state index contributed by atoms with van der Waals surface area (Å²) >= 11 is 0. The average molecular weight is 357 g/mol. The van der Waals surface area contributed by atoms with Gasteiger partial charge in [0.1, 0.15) is 0 Å². The van der Waals surface area contributed by atoms with Gasteiger partial charge in [-0.3, -0.25) is 4.79 Å². The first-order chi connectivity index (χ1) is 12.5. The molecular formula is C21H27NO4. The Morgan fingerprint density at radius 3 is 2.15 bits per heavy atom. The molecule has 0 unspecified atom stereocenters. The summed E-state index contributed by atoms with van der Waals surface area (Å²) < 4.78 is 16.1. The summed E-state index contributed by atoms with van der Waals surface area (Å²) in [4.78, 5) is 12.6. The van der Waals surface area contributed by atoms with E-state index in [1.54, 1.807) is 27.4 Å². The minimum absolute atomic E-state index is 0.0192. The third-order valence-corrected chi connectivity index (χ3v) is 4.36. The third kappa shape index (κ3) is 4.48. The van der Waals surface area contributed by atoms with Crippen molar-refractivity contribution in [1.82, 2.24) is 5.32 Å². The largest absolute Gasteiger partial charge is 0.493 e. The number of carbonyl (C=O) groups excluding carboxylic acids is 1. The molecule has 0 spiro atoms. The van der Waals surface area contributed by atoms with Crippen LogP contribution in [0.15, 0.2) is 36.4 Å². The van der Waals surface area contributed by atoms with Gasteiger partial charge in [0.05, 0.1) is 33.8 Å². The Labute approximate surface area is 155 Å². The number of nitrogens with one attached hydrogen (secondary N) is 1. The van der Waals surface area contributed by atoms with Crippen LogP contribution in [0.1, 0.15) is 36.1 Å². The lowest BCUT2D eigenvalue weighted by molar-refractivity contribution is -0.121. The molecule has 5 heteroatoms. The summed E-state index contributed by atoms with van der Waals surface area (Å²) in [5, 5.41) is 3.10. The standard InChI is InChI=1S/C21H27NO4/c1-6-17(15-9-7-14(2)8-10-15)22-19(23)13-16-11-12-18(24-3)21(26-5)20(16)25-4/h7-12,17H,6,13H2,1-5H3,(H,22,23)/t17-/m0/s1. The molecule has 26 heavy (non-hydrogen) atoms. The second-order valence-electron chi connectivity index (χ2n) is 6.11. The molecule has 0 aliphatic rings. The van der Waals surface area contributed by atoms with Crippen LogP contribution in [-0.2, 0) is 11.2 Å². The predicted octanol–water partition coefficient (Wildman–Crippen LogP) is 3.83. The van der Waals surface area contributed by atoms with Gasteiger partial charge in [0.25, 0.3) is 0 Å². The maximum atomic E-state index is 12.6. The summed E-state index contributed by atoms with van der Waals surface area (Å²) in [5.41, 5.74) is 3.05. The van der Waals surface area contributed by atoms with E-state index < -0.39 is 0 Å². The van der Waals surface area contributed by atoms with Crippen molar-refractivity contribution in [2.24, 2.45) is 0 Å². The van der Waals surface area contributed by atoms with Crippen molar-refractivity contribution < 1.29 is 19.0 Å². The zero-order chi connectivity index (χ0) is 19.1. The van der Waals surface area contributed by atoms with E-state index in [2.05, 4.69) is 36.5 Å². The van der Waals surface area contributed by atoms with Crippen molar-refractivity contribution in [3.63, 3.8) is 0 Å². The number of rotatable bonds is 8. The van der Waals surface area contributed by atoms with Crippen LogP contribution in [0.5, 0.6) is 17.2 Å². The molecule has 0 aliphatic heterocycles. The monoisotopic (exact) mass is 357 g/mol. The smallest absolute Gasteiger partial charge is 0.225 e. The van der Waals surface area contributed by atoms with Gasteiger partial charge < -0.3 is 19.5 Å². The summed E-state index contributed by atoms with van der Waals surface area (Å²) in [6, 6.07) is 11.8. The minimum atomic E-state index is -0.0667. The maximum Gasteiger partial charge on any atom is 0.225 e. The zero-order valence-corrected chi connectivity index (χ0v) is 16.1. The molecule has 0 saturated heterocycles. The van der Waals surface area contributed by atoms with Gasteiger partial charge in [0.2, 0.25) is 11.7 Å². The van der Waals surface area contributed by atoms with Crippen molar-refractivity contribution >= 4 is 5.91 Å². The van der Waals surface area contributed by atoms with E-state index in [9.17, 15) is 4.79 Å². The molecule has 1 atom stereocenters. The van der Waals surface area contributed by atoms with Crippen LogP contribution in [0.25, 0.3) is 0 Å². The van der Waals surface area contributed by atoms with Crippen molar-refractivity contribution in [3.8, 4) is 17.2 Å². The number of carbonyl (C=O) groups is 1. The Bertz CT molecular complexity index is 740. The number of ether oxygens (including phenoxy) is 3. The minimum Gasteiger partial charge on any atom is -0.493 e. The Morgan fingerprint density at radius 2 is 1.62 bits per heavy atom. The van der Waals surface area contributed by atoms with Crippen LogP contribution in [0.3, 0.4) is 0 Å². The number of methoxy groups -OCH3 is 3. The lowest BCUT2D eigenvalue weighted by atomic mass is 10.0. The molecule has 1 N–H and O–H groups in total. The van der Waals surface area contributed by atoms with E-state index in [0.717, 1.165) is 17.5 Å². The Morgan fingerprint density at radius 1 is 0.962 bits per heavy atom. The highest BCUT2D eigenvalue weighted by Gasteiger charge is 2.19. The second kappa shape index (κ2) is 9.13. The van der Waals surface area contributed by atoms with Crippen molar-refractivity contribution in [2.45, 2.75) is 32.7 Å². The molecule has 0 aliphatic carbocycles. The molecule has 2 rings (SSSR count). The molecule has 0 saturated carbocycles. The van der Waals surface area contributed by atoms with Gasteiger partial charge in [0, 0.05) is 5.56 Å². The molecular weight excluding hydrogens is 330 g/mol. The van der Waals surface area contributed by atoms with Gasteiger partial charge in [-0.15, -0.1) is 0 Å². The van der Waals surface area contributed by atoms with Crippen molar-refractivity contribution in [3.05, 3.63) is 53.1 Å². The Hall–Kier alpha value is -2.69. The number of aryl methyl sites for hydroxylation is 1. The van der Waals surface area contributed by atoms with Gasteiger partial charge >= 0.3 is 0 Å². The normalized spacial score (nSPS) is 11.6. The van der Waals surface area contributed by atoms with Crippen LogP contribution < -0.4 is 19.5 Å². The third-order valence-electron chi connectivity index (χ3n) is 4.36. The highest BCUT2D eigenvalue weighted by molar-refractivity contribution is 5.80. The first kappa shape index (κ1) is 19.6. The molecule has 1 amide bonds. The summed E-state index contributed by atoms with van der Waals surface area (Å²) in [6.07, 6.45) is 1.02. The van der Waals surface area contributed by atoms with E-state index in [-0.39, 0.29) is 18.4 Å². The number of benzene rings is 2. The zero-order valence-electron chi connectivity index (χ0n) is 16.1. The summed E-state index contributed by atoms with van der Waals surface area (Å²) in [6.45, 7) is 4.11. The van der Waals surface area contributed by atoms with Gasteiger partial charge in [0.15, 0.2) is 11.5 Å². The van der Waals surface area contributed by atoms with Crippen LogP contribution in [0, 0.1) is 6.92 Å². The fourth-order valence-corrected chi connectivity index (χ4v) is 2.94. The maximum absolute atomic E-state index is 12.6. The predicted molar refractivity (Wildman–Crippen MR) is 102 cm³/mol. The lowest BCUT2D eigenvalue weighted by Crippen LogP contribution is -2.29. The molecule has 2 aromatic carbocycles. The highest BCUT2D eigenvalue weighted by Crippen LogP contribution is 2.39. The molecule has 2 aromatic rings. The molecule has 0 bridgehead atoms. The fourth-order valence-electron chi connectivity index (χ4n) is 2.94. The van der Waals surface area contributed by atoms with Crippen LogP contribution in [0.4, 0.5) is 0 Å². The van der Waals surface area contributed by atoms with Crippen LogP contribution >= 0.6 is 0 Å². The van der Waals surface area contributed by atoms with E-state index in [1.165, 1.54) is 5.56 Å². The van der Waals surface area contributed by atoms with Crippen LogP contribution in [0.2, 0.25) is 0 Å². The first-order valence-corrected chi connectivity index (χ1v) is 8.67. The molecule has 0 radical (unpaired) electrons. The average Bonchev–Trinajstić information content (AvgIpc) is 2.66. The van der Waals surface area contributed by atoms with Gasteiger partial charge in [-0.25, -0.2) is 0 Å². The van der Waals surface area contributed by atoms with Gasteiger partial charge in [-0.05, 0) is 25.0 Å². The van der Waals surface area contributed by atoms with E-state index in [0.29, 0.717) is 17.2 Å².